The summed E-state index contributed by atoms with van der Waals surface area (Å²) in [5.74, 6) is 1.57. The molecular formula is C16H14BrFN2O2S. The van der Waals surface area contributed by atoms with Gasteiger partial charge < -0.3 is 10.1 Å². The third-order valence-corrected chi connectivity index (χ3v) is 5.15. The molecule has 2 heterocycles. The summed E-state index contributed by atoms with van der Waals surface area (Å²) >= 11 is 5.06. The zero-order valence-electron chi connectivity index (χ0n) is 12.1. The van der Waals surface area contributed by atoms with Crippen LogP contribution in [0.1, 0.15) is 16.8 Å². The monoisotopic (exact) mass is 396 g/mol. The van der Waals surface area contributed by atoms with Crippen molar-refractivity contribution in [2.45, 2.75) is 12.5 Å². The number of rotatable bonds is 4. The van der Waals surface area contributed by atoms with Crippen LogP contribution in [0.5, 0.6) is 5.88 Å². The minimum Gasteiger partial charge on any atom is -0.473 e. The fourth-order valence-electron chi connectivity index (χ4n) is 2.20. The van der Waals surface area contributed by atoms with Crippen molar-refractivity contribution in [3.63, 3.8) is 0 Å². The van der Waals surface area contributed by atoms with E-state index in [0.717, 1.165) is 17.9 Å². The van der Waals surface area contributed by atoms with Gasteiger partial charge in [0.2, 0.25) is 5.88 Å². The van der Waals surface area contributed by atoms with Crippen LogP contribution in [0, 0.1) is 5.82 Å². The number of hydrogen-bond donors (Lipinski definition) is 1. The Labute approximate surface area is 146 Å². The highest BCUT2D eigenvalue weighted by Crippen LogP contribution is 2.27. The molecule has 1 aromatic heterocycles. The number of pyridine rings is 1. The van der Waals surface area contributed by atoms with E-state index in [9.17, 15) is 9.18 Å². The Morgan fingerprint density at radius 1 is 1.43 bits per heavy atom. The quantitative estimate of drug-likeness (QED) is 0.844. The van der Waals surface area contributed by atoms with Crippen molar-refractivity contribution in [3.8, 4) is 5.88 Å². The van der Waals surface area contributed by atoms with Crippen molar-refractivity contribution in [1.29, 1.82) is 0 Å². The van der Waals surface area contributed by atoms with E-state index in [2.05, 4.69) is 26.2 Å². The second kappa shape index (κ2) is 7.31. The van der Waals surface area contributed by atoms with Gasteiger partial charge in [-0.2, -0.15) is 11.8 Å². The van der Waals surface area contributed by atoms with Gasteiger partial charge in [-0.1, -0.05) is 0 Å². The summed E-state index contributed by atoms with van der Waals surface area (Å²) in [6.45, 7) is 0. The van der Waals surface area contributed by atoms with Crippen LogP contribution in [0.15, 0.2) is 41.0 Å². The van der Waals surface area contributed by atoms with Gasteiger partial charge in [0, 0.05) is 16.4 Å². The maximum Gasteiger partial charge on any atom is 0.261 e. The van der Waals surface area contributed by atoms with Gasteiger partial charge in [-0.3, -0.25) is 4.79 Å². The second-order valence-corrected chi connectivity index (χ2v) is 7.04. The highest BCUT2D eigenvalue weighted by Gasteiger charge is 2.21. The molecule has 1 fully saturated rings. The van der Waals surface area contributed by atoms with Crippen molar-refractivity contribution in [3.05, 3.63) is 52.4 Å². The van der Waals surface area contributed by atoms with Crippen LogP contribution in [0.4, 0.5) is 10.1 Å². The first-order chi connectivity index (χ1) is 11.1. The van der Waals surface area contributed by atoms with Crippen molar-refractivity contribution in [2.24, 2.45) is 0 Å². The zero-order valence-corrected chi connectivity index (χ0v) is 14.5. The lowest BCUT2D eigenvalue weighted by Gasteiger charge is -2.15. The number of thioether (sulfide) groups is 1. The van der Waals surface area contributed by atoms with Crippen molar-refractivity contribution in [2.75, 3.05) is 16.8 Å². The average Bonchev–Trinajstić information content (AvgIpc) is 3.03. The fourth-order valence-corrected chi connectivity index (χ4v) is 3.75. The maximum atomic E-state index is 13.1. The summed E-state index contributed by atoms with van der Waals surface area (Å²) < 4.78 is 19.5. The van der Waals surface area contributed by atoms with E-state index in [1.54, 1.807) is 18.3 Å². The standard InChI is InChI=1S/C16H14BrFN2O2S/c17-13-8-10(18)3-4-14(13)20-15(21)12-2-1-6-19-16(12)22-11-5-7-23-9-11/h1-4,6,8,11H,5,7,9H2,(H,20,21). The molecule has 3 rings (SSSR count). The topological polar surface area (TPSA) is 51.2 Å². The van der Waals surface area contributed by atoms with Crippen molar-refractivity contribution in [1.82, 2.24) is 4.98 Å². The third-order valence-electron chi connectivity index (χ3n) is 3.36. The van der Waals surface area contributed by atoms with Crippen LogP contribution >= 0.6 is 27.7 Å². The number of nitrogens with one attached hydrogen (secondary N) is 1. The fraction of sp³-hybridized carbons (Fsp3) is 0.250. The van der Waals surface area contributed by atoms with E-state index < -0.39 is 0 Å². The largest absolute Gasteiger partial charge is 0.473 e. The number of carbonyl (C=O) groups is 1. The molecule has 1 saturated heterocycles. The molecular weight excluding hydrogens is 383 g/mol. The first-order valence-electron chi connectivity index (χ1n) is 7.09. The summed E-state index contributed by atoms with van der Waals surface area (Å²) in [7, 11) is 0. The number of hydrogen-bond acceptors (Lipinski definition) is 4. The Hall–Kier alpha value is -1.60. The number of aromatic nitrogens is 1. The molecule has 1 atom stereocenters. The van der Waals surface area contributed by atoms with E-state index in [1.165, 1.54) is 18.2 Å². The lowest BCUT2D eigenvalue weighted by Crippen LogP contribution is -2.20. The lowest BCUT2D eigenvalue weighted by atomic mass is 10.2. The molecule has 1 unspecified atom stereocenters. The second-order valence-electron chi connectivity index (χ2n) is 5.04. The lowest BCUT2D eigenvalue weighted by molar-refractivity contribution is 0.101. The Morgan fingerprint density at radius 3 is 3.04 bits per heavy atom. The number of ether oxygens (including phenoxy) is 1. The Bertz CT molecular complexity index is 723. The maximum absolute atomic E-state index is 13.1. The van der Waals surface area contributed by atoms with Gasteiger partial charge in [-0.15, -0.1) is 0 Å². The molecule has 0 spiro atoms. The van der Waals surface area contributed by atoms with E-state index in [1.807, 2.05) is 11.8 Å². The number of halogens is 2. The van der Waals surface area contributed by atoms with Gasteiger partial charge in [0.15, 0.2) is 0 Å². The number of nitrogens with zero attached hydrogens (tertiary/aromatic N) is 1. The van der Waals surface area contributed by atoms with Gasteiger partial charge in [0.1, 0.15) is 17.5 Å². The Balaban J connectivity index is 1.78. The van der Waals surface area contributed by atoms with Crippen LogP contribution in [0.3, 0.4) is 0 Å². The first-order valence-corrected chi connectivity index (χ1v) is 9.04. The summed E-state index contributed by atoms with van der Waals surface area (Å²) in [6.07, 6.45) is 2.63. The molecule has 7 heteroatoms. The summed E-state index contributed by atoms with van der Waals surface area (Å²) in [5.41, 5.74) is 0.850. The molecule has 2 aromatic rings. The molecule has 1 N–H and O–H groups in total. The molecule has 4 nitrogen and oxygen atoms in total. The number of carbonyl (C=O) groups excluding carboxylic acids is 1. The normalized spacial score (nSPS) is 17.0. The number of benzene rings is 1. The molecule has 1 aliphatic heterocycles. The molecule has 120 valence electrons. The van der Waals surface area contributed by atoms with Gasteiger partial charge in [0.05, 0.1) is 5.69 Å². The Morgan fingerprint density at radius 2 is 2.30 bits per heavy atom. The van der Waals surface area contributed by atoms with E-state index in [4.69, 9.17) is 4.74 Å². The van der Waals surface area contributed by atoms with Crippen LogP contribution in [-0.2, 0) is 0 Å². The summed E-state index contributed by atoms with van der Waals surface area (Å²) in [4.78, 5) is 16.7. The van der Waals surface area contributed by atoms with Gasteiger partial charge >= 0.3 is 0 Å². The van der Waals surface area contributed by atoms with Crippen LogP contribution < -0.4 is 10.1 Å². The summed E-state index contributed by atoms with van der Waals surface area (Å²) in [6, 6.07) is 7.44. The van der Waals surface area contributed by atoms with Crippen molar-refractivity contribution < 1.29 is 13.9 Å². The van der Waals surface area contributed by atoms with Gasteiger partial charge in [-0.25, -0.2) is 9.37 Å². The van der Waals surface area contributed by atoms with Crippen LogP contribution in [0.2, 0.25) is 0 Å². The minimum atomic E-state index is -0.376. The molecule has 1 aromatic carbocycles. The van der Waals surface area contributed by atoms with Crippen LogP contribution in [0.25, 0.3) is 0 Å². The Kier molecular flexibility index (Phi) is 5.17. The van der Waals surface area contributed by atoms with E-state index in [-0.39, 0.29) is 17.8 Å². The minimum absolute atomic E-state index is 0.0824. The molecule has 23 heavy (non-hydrogen) atoms. The smallest absolute Gasteiger partial charge is 0.261 e. The third kappa shape index (κ3) is 4.03. The molecule has 0 bridgehead atoms. The first kappa shape index (κ1) is 16.3. The molecule has 1 aliphatic rings. The van der Waals surface area contributed by atoms with Gasteiger partial charge in [0.25, 0.3) is 5.91 Å². The number of anilines is 1. The molecule has 0 radical (unpaired) electrons. The SMILES string of the molecule is O=C(Nc1ccc(F)cc1Br)c1cccnc1OC1CCSC1. The highest BCUT2D eigenvalue weighted by molar-refractivity contribution is 9.10. The van der Waals surface area contributed by atoms with Crippen LogP contribution in [-0.4, -0.2) is 28.5 Å². The molecule has 1 amide bonds. The highest BCUT2D eigenvalue weighted by atomic mass is 79.9. The molecule has 0 aliphatic carbocycles. The van der Waals surface area contributed by atoms with E-state index in [0.29, 0.717) is 21.6 Å². The summed E-state index contributed by atoms with van der Waals surface area (Å²) in [5, 5.41) is 2.74. The zero-order chi connectivity index (χ0) is 16.2. The number of amides is 1. The predicted molar refractivity (Wildman–Crippen MR) is 92.6 cm³/mol. The van der Waals surface area contributed by atoms with Crippen molar-refractivity contribution >= 4 is 39.3 Å². The van der Waals surface area contributed by atoms with Gasteiger partial charge in [-0.05, 0) is 58.4 Å². The molecule has 0 saturated carbocycles. The predicted octanol–water partition coefficient (Wildman–Crippen LogP) is 4.12. The average molecular weight is 397 g/mol. The van der Waals surface area contributed by atoms with E-state index >= 15 is 0 Å².